The summed E-state index contributed by atoms with van der Waals surface area (Å²) in [5, 5.41) is 12.5. The van der Waals surface area contributed by atoms with Gasteiger partial charge in [0.1, 0.15) is 0 Å². The van der Waals surface area contributed by atoms with Crippen molar-refractivity contribution in [2.75, 3.05) is 31.1 Å². The lowest BCUT2D eigenvalue weighted by Crippen LogP contribution is -2.51. The molecular formula is C19H19ClN4O. The van der Waals surface area contributed by atoms with Crippen LogP contribution in [0.5, 0.6) is 0 Å². The van der Waals surface area contributed by atoms with Crippen molar-refractivity contribution in [2.24, 2.45) is 0 Å². The predicted octanol–water partition coefficient (Wildman–Crippen LogP) is 3.24. The summed E-state index contributed by atoms with van der Waals surface area (Å²) >= 11 is 6.24. The molecule has 0 saturated carbocycles. The topological polar surface area (TPSA) is 59.4 Å². The number of amides is 2. The number of nitrogens with zero attached hydrogens (tertiary/aromatic N) is 3. The molecule has 2 amide bonds. The van der Waals surface area contributed by atoms with Gasteiger partial charge in [0.15, 0.2) is 0 Å². The second-order valence-electron chi connectivity index (χ2n) is 5.89. The Kier molecular flexibility index (Phi) is 5.42. The Morgan fingerprint density at radius 1 is 1.08 bits per heavy atom. The molecule has 1 saturated heterocycles. The van der Waals surface area contributed by atoms with E-state index in [0.717, 1.165) is 29.4 Å². The molecule has 1 aliphatic heterocycles. The Hall–Kier alpha value is -2.71. The number of rotatable bonds is 3. The maximum absolute atomic E-state index is 12.3. The van der Waals surface area contributed by atoms with Crippen LogP contribution in [0, 0.1) is 11.3 Å². The maximum atomic E-state index is 12.3. The van der Waals surface area contributed by atoms with Gasteiger partial charge in [-0.05, 0) is 29.8 Å². The van der Waals surface area contributed by atoms with Crippen LogP contribution in [0.3, 0.4) is 0 Å². The van der Waals surface area contributed by atoms with Crippen LogP contribution in [0.25, 0.3) is 0 Å². The van der Waals surface area contributed by atoms with Gasteiger partial charge in [0.2, 0.25) is 0 Å². The Morgan fingerprint density at radius 2 is 1.76 bits per heavy atom. The summed E-state index contributed by atoms with van der Waals surface area (Å²) in [6.45, 7) is 3.28. The zero-order valence-corrected chi connectivity index (χ0v) is 14.5. The fourth-order valence-electron chi connectivity index (χ4n) is 2.85. The first-order valence-corrected chi connectivity index (χ1v) is 8.56. The number of para-hydroxylation sites is 1. The largest absolute Gasteiger partial charge is 0.367 e. The van der Waals surface area contributed by atoms with E-state index in [0.29, 0.717) is 25.2 Å². The molecule has 0 atom stereocenters. The second-order valence-corrected chi connectivity index (χ2v) is 6.30. The van der Waals surface area contributed by atoms with Gasteiger partial charge >= 0.3 is 6.03 Å². The van der Waals surface area contributed by atoms with E-state index in [9.17, 15) is 4.79 Å². The van der Waals surface area contributed by atoms with E-state index < -0.39 is 0 Å². The van der Waals surface area contributed by atoms with Crippen molar-refractivity contribution in [1.82, 2.24) is 10.2 Å². The molecule has 6 heteroatoms. The number of halogens is 1. The molecule has 5 nitrogen and oxygen atoms in total. The van der Waals surface area contributed by atoms with Gasteiger partial charge in [0.25, 0.3) is 0 Å². The number of nitriles is 1. The summed E-state index contributed by atoms with van der Waals surface area (Å²) < 4.78 is 0. The first kappa shape index (κ1) is 17.1. The van der Waals surface area contributed by atoms with Crippen molar-refractivity contribution in [2.45, 2.75) is 6.54 Å². The molecule has 0 unspecified atom stereocenters. The molecule has 0 radical (unpaired) electrons. The lowest BCUT2D eigenvalue weighted by atomic mass is 10.1. The standard InChI is InChI=1S/C19H19ClN4O/c20-17-3-1-2-4-18(17)23-9-11-24(12-10-23)19(25)22-14-16-7-5-15(13-21)6-8-16/h1-8H,9-12,14H2,(H,22,25). The van der Waals surface area contributed by atoms with Gasteiger partial charge < -0.3 is 15.1 Å². The number of hydrogen-bond acceptors (Lipinski definition) is 3. The molecule has 0 aliphatic carbocycles. The summed E-state index contributed by atoms with van der Waals surface area (Å²) in [4.78, 5) is 16.3. The Morgan fingerprint density at radius 3 is 2.40 bits per heavy atom. The summed E-state index contributed by atoms with van der Waals surface area (Å²) in [5.74, 6) is 0. The number of hydrogen-bond donors (Lipinski definition) is 1. The van der Waals surface area contributed by atoms with Crippen LogP contribution in [0.1, 0.15) is 11.1 Å². The molecule has 2 aromatic rings. The van der Waals surface area contributed by atoms with Crippen LogP contribution >= 0.6 is 11.6 Å². The van der Waals surface area contributed by atoms with E-state index >= 15 is 0 Å². The zero-order valence-electron chi connectivity index (χ0n) is 13.8. The molecule has 0 aromatic heterocycles. The van der Waals surface area contributed by atoms with E-state index in [1.54, 1.807) is 12.1 Å². The van der Waals surface area contributed by atoms with Gasteiger partial charge in [-0.25, -0.2) is 4.79 Å². The minimum atomic E-state index is -0.0665. The van der Waals surface area contributed by atoms with E-state index in [4.69, 9.17) is 16.9 Å². The van der Waals surface area contributed by atoms with Crippen molar-refractivity contribution in [3.05, 3.63) is 64.7 Å². The summed E-state index contributed by atoms with van der Waals surface area (Å²) in [6.07, 6.45) is 0. The third-order valence-corrected chi connectivity index (χ3v) is 4.61. The highest BCUT2D eigenvalue weighted by molar-refractivity contribution is 6.33. The molecule has 1 aliphatic rings. The molecule has 1 heterocycles. The van der Waals surface area contributed by atoms with Gasteiger partial charge in [-0.1, -0.05) is 35.9 Å². The van der Waals surface area contributed by atoms with Gasteiger partial charge in [0.05, 0.1) is 22.3 Å². The minimum Gasteiger partial charge on any atom is -0.367 e. The van der Waals surface area contributed by atoms with Gasteiger partial charge in [0, 0.05) is 32.7 Å². The molecule has 0 bridgehead atoms. The Bertz CT molecular complexity index is 777. The maximum Gasteiger partial charge on any atom is 0.317 e. The van der Waals surface area contributed by atoms with Crippen molar-refractivity contribution >= 4 is 23.3 Å². The second kappa shape index (κ2) is 7.91. The highest BCUT2D eigenvalue weighted by Crippen LogP contribution is 2.25. The number of carbonyl (C=O) groups excluding carboxylic acids is 1. The van der Waals surface area contributed by atoms with Crippen LogP contribution in [0.15, 0.2) is 48.5 Å². The molecule has 0 spiro atoms. The first-order valence-electron chi connectivity index (χ1n) is 8.18. The van der Waals surface area contributed by atoms with E-state index in [1.807, 2.05) is 41.3 Å². The predicted molar refractivity (Wildman–Crippen MR) is 98.6 cm³/mol. The van der Waals surface area contributed by atoms with E-state index in [-0.39, 0.29) is 6.03 Å². The summed E-state index contributed by atoms with van der Waals surface area (Å²) in [6, 6.07) is 17.0. The van der Waals surface area contributed by atoms with Crippen molar-refractivity contribution < 1.29 is 4.79 Å². The molecule has 25 heavy (non-hydrogen) atoms. The summed E-state index contributed by atoms with van der Waals surface area (Å²) in [5.41, 5.74) is 2.61. The van der Waals surface area contributed by atoms with Crippen LogP contribution in [0.2, 0.25) is 5.02 Å². The Labute approximate surface area is 152 Å². The fourth-order valence-corrected chi connectivity index (χ4v) is 3.10. The third kappa shape index (κ3) is 4.23. The lowest BCUT2D eigenvalue weighted by molar-refractivity contribution is 0.194. The van der Waals surface area contributed by atoms with Crippen molar-refractivity contribution in [3.8, 4) is 6.07 Å². The van der Waals surface area contributed by atoms with E-state index in [2.05, 4.69) is 16.3 Å². The lowest BCUT2D eigenvalue weighted by Gasteiger charge is -2.36. The average Bonchev–Trinajstić information content (AvgIpc) is 2.67. The number of carbonyl (C=O) groups is 1. The van der Waals surface area contributed by atoms with Crippen LogP contribution in [0.4, 0.5) is 10.5 Å². The minimum absolute atomic E-state index is 0.0665. The highest BCUT2D eigenvalue weighted by atomic mass is 35.5. The quantitative estimate of drug-likeness (QED) is 0.920. The molecule has 1 N–H and O–H groups in total. The number of piperazine rings is 1. The third-order valence-electron chi connectivity index (χ3n) is 4.29. The first-order chi connectivity index (χ1) is 12.2. The Balaban J connectivity index is 1.50. The van der Waals surface area contributed by atoms with Gasteiger partial charge in [-0.15, -0.1) is 0 Å². The SMILES string of the molecule is N#Cc1ccc(CNC(=O)N2CCN(c3ccccc3Cl)CC2)cc1. The molecule has 2 aromatic carbocycles. The normalized spacial score (nSPS) is 14.1. The summed E-state index contributed by atoms with van der Waals surface area (Å²) in [7, 11) is 0. The van der Waals surface area contributed by atoms with Crippen molar-refractivity contribution in [3.63, 3.8) is 0 Å². The molecule has 128 valence electrons. The number of nitrogens with one attached hydrogen (secondary N) is 1. The highest BCUT2D eigenvalue weighted by Gasteiger charge is 2.22. The average molecular weight is 355 g/mol. The molecule has 1 fully saturated rings. The number of benzene rings is 2. The number of anilines is 1. The molecular weight excluding hydrogens is 336 g/mol. The van der Waals surface area contributed by atoms with E-state index in [1.165, 1.54) is 0 Å². The fraction of sp³-hybridized carbons (Fsp3) is 0.263. The smallest absolute Gasteiger partial charge is 0.317 e. The molecule has 3 rings (SSSR count). The van der Waals surface area contributed by atoms with Gasteiger partial charge in [-0.2, -0.15) is 5.26 Å². The van der Waals surface area contributed by atoms with Crippen LogP contribution < -0.4 is 10.2 Å². The monoisotopic (exact) mass is 354 g/mol. The number of urea groups is 1. The van der Waals surface area contributed by atoms with Crippen molar-refractivity contribution in [1.29, 1.82) is 5.26 Å². The zero-order chi connectivity index (χ0) is 17.6. The van der Waals surface area contributed by atoms with Gasteiger partial charge in [-0.3, -0.25) is 0 Å². The van der Waals surface area contributed by atoms with Crippen LogP contribution in [-0.4, -0.2) is 37.1 Å². The van der Waals surface area contributed by atoms with Crippen LogP contribution in [-0.2, 0) is 6.54 Å².